The number of unbranched alkanes of at least 4 members (excludes halogenated alkanes) is 23. The van der Waals surface area contributed by atoms with Gasteiger partial charge in [0.25, 0.3) is 0 Å². The summed E-state index contributed by atoms with van der Waals surface area (Å²) in [6, 6.07) is 0. The molecule has 13 nitrogen and oxygen atoms in total. The van der Waals surface area contributed by atoms with Crippen molar-refractivity contribution in [3.8, 4) is 0 Å². The number of phosphoric acid groups is 1. The third-order valence-corrected chi connectivity index (χ3v) is 12.4. The van der Waals surface area contributed by atoms with E-state index < -0.39 is 75.7 Å². The van der Waals surface area contributed by atoms with Crippen molar-refractivity contribution in [2.45, 2.75) is 249 Å². The molecule has 0 amide bonds. The second-order valence-corrected chi connectivity index (χ2v) is 18.7. The molecule has 14 heteroatoms. The fourth-order valence-corrected chi connectivity index (χ4v) is 8.40. The Labute approximate surface area is 380 Å². The summed E-state index contributed by atoms with van der Waals surface area (Å²) in [5.41, 5.74) is 0. The number of phosphoric ester groups is 1. The van der Waals surface area contributed by atoms with Crippen molar-refractivity contribution < 1.29 is 63.1 Å². The van der Waals surface area contributed by atoms with E-state index in [1.54, 1.807) is 0 Å². The summed E-state index contributed by atoms with van der Waals surface area (Å²) in [7, 11) is -5.12. The van der Waals surface area contributed by atoms with Gasteiger partial charge in [-0.2, -0.15) is 0 Å². The highest BCUT2D eigenvalue weighted by molar-refractivity contribution is 7.47. The first kappa shape index (κ1) is 59.1. The van der Waals surface area contributed by atoms with Crippen LogP contribution < -0.4 is 0 Å². The van der Waals surface area contributed by atoms with Crippen LogP contribution in [0.15, 0.2) is 36.5 Å². The highest BCUT2D eigenvalue weighted by Gasteiger charge is 2.51. The predicted octanol–water partition coefficient (Wildman–Crippen LogP) is 10.2. The number of ether oxygens (including phenoxy) is 2. The first-order valence-electron chi connectivity index (χ1n) is 24.8. The number of hydrogen-bond acceptors (Lipinski definition) is 12. The van der Waals surface area contributed by atoms with E-state index >= 15 is 0 Å². The van der Waals surface area contributed by atoms with Gasteiger partial charge in [-0.3, -0.25) is 18.6 Å². The van der Waals surface area contributed by atoms with Gasteiger partial charge >= 0.3 is 19.8 Å². The van der Waals surface area contributed by atoms with E-state index in [1.807, 2.05) is 0 Å². The zero-order valence-electron chi connectivity index (χ0n) is 39.1. The van der Waals surface area contributed by atoms with E-state index in [4.69, 9.17) is 18.5 Å². The number of rotatable bonds is 41. The molecule has 1 aliphatic rings. The summed E-state index contributed by atoms with van der Waals surface area (Å²) in [4.78, 5) is 35.8. The first-order valence-corrected chi connectivity index (χ1v) is 26.3. The van der Waals surface area contributed by atoms with Gasteiger partial charge in [-0.1, -0.05) is 159 Å². The molecule has 0 heterocycles. The van der Waals surface area contributed by atoms with Crippen molar-refractivity contribution >= 4 is 19.8 Å². The molecule has 1 fully saturated rings. The average molecular weight is 917 g/mol. The second-order valence-electron chi connectivity index (χ2n) is 17.3. The molecule has 8 atom stereocenters. The van der Waals surface area contributed by atoms with Crippen molar-refractivity contribution in [3.63, 3.8) is 0 Å². The van der Waals surface area contributed by atoms with Crippen LogP contribution in [0.1, 0.15) is 206 Å². The first-order chi connectivity index (χ1) is 30.4. The molecule has 0 radical (unpaired) electrons. The highest BCUT2D eigenvalue weighted by Crippen LogP contribution is 2.47. The molecule has 0 bridgehead atoms. The fourth-order valence-electron chi connectivity index (χ4n) is 7.43. The molecule has 0 aromatic carbocycles. The topological polar surface area (TPSA) is 210 Å². The zero-order valence-corrected chi connectivity index (χ0v) is 40.0. The van der Waals surface area contributed by atoms with Gasteiger partial charge in [-0.05, 0) is 70.6 Å². The van der Waals surface area contributed by atoms with Crippen molar-refractivity contribution in [2.75, 3.05) is 13.2 Å². The minimum atomic E-state index is -5.12. The number of allylic oxidation sites excluding steroid dienone is 6. The number of aliphatic hydroxyl groups excluding tert-OH is 5. The van der Waals surface area contributed by atoms with Gasteiger partial charge in [-0.25, -0.2) is 4.57 Å². The van der Waals surface area contributed by atoms with E-state index in [0.29, 0.717) is 12.8 Å². The largest absolute Gasteiger partial charge is 0.472 e. The van der Waals surface area contributed by atoms with E-state index in [-0.39, 0.29) is 12.8 Å². The Morgan fingerprint density at radius 1 is 0.492 bits per heavy atom. The molecule has 368 valence electrons. The maximum absolute atomic E-state index is 12.8. The third kappa shape index (κ3) is 31.6. The Morgan fingerprint density at radius 2 is 0.857 bits per heavy atom. The molecule has 1 saturated carbocycles. The van der Waals surface area contributed by atoms with Gasteiger partial charge in [0.2, 0.25) is 0 Å². The molecule has 1 aliphatic carbocycles. The van der Waals surface area contributed by atoms with Crippen molar-refractivity contribution in [2.24, 2.45) is 0 Å². The number of hydrogen-bond donors (Lipinski definition) is 6. The summed E-state index contributed by atoms with van der Waals surface area (Å²) < 4.78 is 33.6. The minimum absolute atomic E-state index is 0.0916. The molecule has 6 N–H and O–H groups in total. The van der Waals surface area contributed by atoms with Gasteiger partial charge in [0.05, 0.1) is 6.61 Å². The second kappa shape index (κ2) is 39.3. The summed E-state index contributed by atoms with van der Waals surface area (Å²) >= 11 is 0. The maximum atomic E-state index is 12.8. The molecule has 6 unspecified atom stereocenters. The van der Waals surface area contributed by atoms with Crippen LogP contribution in [0, 0.1) is 0 Å². The Balaban J connectivity index is 2.42. The molecular weight excluding hydrogens is 828 g/mol. The fraction of sp³-hybridized carbons (Fsp3) is 0.837. The smallest absolute Gasteiger partial charge is 0.462 e. The zero-order chi connectivity index (χ0) is 46.4. The lowest BCUT2D eigenvalue weighted by Crippen LogP contribution is -2.64. The number of aliphatic hydroxyl groups is 5. The van der Waals surface area contributed by atoms with Crippen molar-refractivity contribution in [1.82, 2.24) is 0 Å². The van der Waals surface area contributed by atoms with E-state index in [9.17, 15) is 44.6 Å². The van der Waals surface area contributed by atoms with Crippen LogP contribution in [-0.2, 0) is 32.7 Å². The summed E-state index contributed by atoms with van der Waals surface area (Å²) in [6.07, 6.45) is 31.8. The van der Waals surface area contributed by atoms with Gasteiger partial charge in [0.1, 0.15) is 43.2 Å². The molecule has 63 heavy (non-hydrogen) atoms. The Bertz CT molecular complexity index is 1240. The van der Waals surface area contributed by atoms with E-state index in [2.05, 4.69) is 50.3 Å². The minimum Gasteiger partial charge on any atom is -0.462 e. The Morgan fingerprint density at radius 3 is 1.33 bits per heavy atom. The molecular formula is C49H89O13P. The van der Waals surface area contributed by atoms with Crippen LogP contribution in [0.2, 0.25) is 0 Å². The average Bonchev–Trinajstić information content (AvgIpc) is 3.26. The van der Waals surface area contributed by atoms with E-state index in [0.717, 1.165) is 70.6 Å². The molecule has 0 aromatic heterocycles. The van der Waals surface area contributed by atoms with Crippen LogP contribution in [0.4, 0.5) is 0 Å². The lowest BCUT2D eigenvalue weighted by Gasteiger charge is -2.41. The van der Waals surface area contributed by atoms with Crippen molar-refractivity contribution in [3.05, 3.63) is 36.5 Å². The molecule has 0 spiro atoms. The summed E-state index contributed by atoms with van der Waals surface area (Å²) in [5.74, 6) is -1.11. The Hall–Kier alpha value is -1.93. The number of carbonyl (C=O) groups excluding carboxylic acids is 2. The molecule has 0 aromatic rings. The highest BCUT2D eigenvalue weighted by atomic mass is 31.2. The van der Waals surface area contributed by atoms with Crippen LogP contribution in [0.5, 0.6) is 0 Å². The van der Waals surface area contributed by atoms with Gasteiger partial charge in [0, 0.05) is 12.8 Å². The monoisotopic (exact) mass is 917 g/mol. The lowest BCUT2D eigenvalue weighted by molar-refractivity contribution is -0.220. The molecule has 0 saturated heterocycles. The summed E-state index contributed by atoms with van der Waals surface area (Å²) in [6.45, 7) is 3.27. The summed E-state index contributed by atoms with van der Waals surface area (Å²) in [5, 5.41) is 50.2. The van der Waals surface area contributed by atoms with E-state index in [1.165, 1.54) is 96.3 Å². The van der Waals surface area contributed by atoms with Crippen LogP contribution in [-0.4, -0.2) is 98.3 Å². The van der Waals surface area contributed by atoms with Gasteiger partial charge in [0.15, 0.2) is 6.10 Å². The third-order valence-electron chi connectivity index (χ3n) is 11.5. The SMILES string of the molecule is CCCCC/C=C/C/C=C/CCCCCCCCCCCC(=O)O[C@H](COC(=O)CCCCCCCCC/C=C/CCCCCC)COP(=O)(O)OC1C(O)C(O)C(O)[C@@H](O)C1O. The quantitative estimate of drug-likeness (QED) is 0.0146. The van der Waals surface area contributed by atoms with Crippen LogP contribution in [0.3, 0.4) is 0 Å². The molecule has 0 aliphatic heterocycles. The van der Waals surface area contributed by atoms with Gasteiger partial charge in [-0.15, -0.1) is 0 Å². The normalized spacial score (nSPS) is 22.0. The number of esters is 2. The van der Waals surface area contributed by atoms with Crippen LogP contribution >= 0.6 is 7.82 Å². The molecule has 1 rings (SSSR count). The standard InChI is InChI=1S/C49H89O13P/c1-3-5-7-9-11-13-15-17-19-20-21-22-24-26-28-30-32-34-36-38-43(51)61-41(40-60-63(57,58)62-49-47(55)45(53)44(52)46(54)48(49)56)39-59-42(50)37-35-33-31-29-27-25-23-18-16-14-12-10-8-6-4-2/h11,13-14,16-17,19,41,44-49,52-56H,3-10,12,15,18,20-40H2,1-2H3,(H,57,58)/b13-11+,16-14+,19-17+/t41-,44?,45-,46?,47?,48?,49?/m1/s1. The lowest BCUT2D eigenvalue weighted by atomic mass is 9.85. The number of carbonyl (C=O) groups is 2. The van der Waals surface area contributed by atoms with Crippen molar-refractivity contribution in [1.29, 1.82) is 0 Å². The predicted molar refractivity (Wildman–Crippen MR) is 249 cm³/mol. The van der Waals surface area contributed by atoms with Crippen LogP contribution in [0.25, 0.3) is 0 Å². The maximum Gasteiger partial charge on any atom is 0.472 e. The van der Waals surface area contributed by atoms with Gasteiger partial charge < -0.3 is 39.9 Å². The Kier molecular flexibility index (Phi) is 36.8.